The van der Waals surface area contributed by atoms with Gasteiger partial charge in [-0.2, -0.15) is 0 Å². The molecule has 1 aliphatic carbocycles. The summed E-state index contributed by atoms with van der Waals surface area (Å²) in [7, 11) is 1.65. The third-order valence-electron chi connectivity index (χ3n) is 5.02. The molecule has 128 valence electrons. The summed E-state index contributed by atoms with van der Waals surface area (Å²) in [6.45, 7) is 8.03. The first-order valence-electron chi connectivity index (χ1n) is 8.28. The maximum absolute atomic E-state index is 12.7. The fourth-order valence-electron chi connectivity index (χ4n) is 3.64. The summed E-state index contributed by atoms with van der Waals surface area (Å²) in [5.41, 5.74) is 2.38. The van der Waals surface area contributed by atoms with Crippen molar-refractivity contribution in [3.8, 4) is 5.88 Å². The lowest BCUT2D eigenvalue weighted by atomic mass is 9.74. The summed E-state index contributed by atoms with van der Waals surface area (Å²) in [5, 5.41) is 3.44. The van der Waals surface area contributed by atoms with Crippen molar-refractivity contribution in [2.24, 2.45) is 5.41 Å². The lowest BCUT2D eigenvalue weighted by Crippen LogP contribution is -2.48. The van der Waals surface area contributed by atoms with E-state index in [2.05, 4.69) is 21.1 Å². The van der Waals surface area contributed by atoms with E-state index in [0.717, 1.165) is 38.0 Å². The van der Waals surface area contributed by atoms with Crippen LogP contribution in [0.25, 0.3) is 0 Å². The van der Waals surface area contributed by atoms with Crippen molar-refractivity contribution in [2.45, 2.75) is 50.8 Å². The number of hydrogen-bond donors (Lipinski definition) is 2. The van der Waals surface area contributed by atoms with E-state index in [1.807, 2.05) is 26.8 Å². The molecular weight excluding hydrogens is 310 g/mol. The SMILES string of the molecule is COc1ccc2c(n1)CC1(CCNCC1)C2N[S@+]([O-])C(C)(C)C. The summed E-state index contributed by atoms with van der Waals surface area (Å²) < 4.78 is 21.2. The lowest BCUT2D eigenvalue weighted by molar-refractivity contribution is 0.163. The third-order valence-corrected chi connectivity index (χ3v) is 6.58. The highest BCUT2D eigenvalue weighted by atomic mass is 32.2. The van der Waals surface area contributed by atoms with Gasteiger partial charge in [0.1, 0.15) is 4.75 Å². The minimum absolute atomic E-state index is 0.0954. The van der Waals surface area contributed by atoms with Crippen LogP contribution in [0.4, 0.5) is 0 Å². The molecule has 1 aliphatic heterocycles. The standard InChI is InChI=1S/C17H27N3O2S/c1-16(2,3)23(21)20-15-12-5-6-14(22-4)19-13(12)11-17(15)7-9-18-10-8-17/h5-6,15,18,20H,7-11H2,1-4H3/t15?,23-/m1/s1. The summed E-state index contributed by atoms with van der Waals surface area (Å²) in [6.07, 6.45) is 3.08. The smallest absolute Gasteiger partial charge is 0.213 e. The number of aromatic nitrogens is 1. The molecule has 2 heterocycles. The largest absolute Gasteiger partial charge is 0.598 e. The molecule has 0 radical (unpaired) electrons. The Bertz CT molecular complexity index is 567. The van der Waals surface area contributed by atoms with Crippen molar-refractivity contribution in [3.63, 3.8) is 0 Å². The third kappa shape index (κ3) is 3.22. The van der Waals surface area contributed by atoms with Gasteiger partial charge in [-0.1, -0.05) is 6.07 Å². The second kappa shape index (κ2) is 6.24. The molecule has 1 spiro atoms. The van der Waals surface area contributed by atoms with E-state index in [1.54, 1.807) is 7.11 Å². The van der Waals surface area contributed by atoms with E-state index in [9.17, 15) is 4.55 Å². The van der Waals surface area contributed by atoms with Crippen molar-refractivity contribution < 1.29 is 9.29 Å². The van der Waals surface area contributed by atoms with Crippen LogP contribution < -0.4 is 14.8 Å². The number of pyridine rings is 1. The van der Waals surface area contributed by atoms with Crippen molar-refractivity contribution in [3.05, 3.63) is 23.4 Å². The minimum Gasteiger partial charge on any atom is -0.598 e. The highest BCUT2D eigenvalue weighted by molar-refractivity contribution is 7.90. The monoisotopic (exact) mass is 337 g/mol. The predicted octanol–water partition coefficient (Wildman–Crippen LogP) is 2.11. The topological polar surface area (TPSA) is 69.2 Å². The van der Waals surface area contributed by atoms with Crippen LogP contribution in [0.1, 0.15) is 50.9 Å². The molecule has 1 saturated heterocycles. The molecule has 0 aromatic carbocycles. The molecule has 1 fully saturated rings. The Balaban J connectivity index is 1.94. The number of fused-ring (bicyclic) bond motifs is 1. The molecule has 1 aromatic rings. The van der Waals surface area contributed by atoms with Gasteiger partial charge >= 0.3 is 0 Å². The average Bonchev–Trinajstić information content (AvgIpc) is 2.79. The van der Waals surface area contributed by atoms with Gasteiger partial charge in [-0.05, 0) is 58.7 Å². The molecule has 2 aliphatic rings. The van der Waals surface area contributed by atoms with Gasteiger partial charge in [-0.15, -0.1) is 4.72 Å². The minimum atomic E-state index is -1.10. The number of ether oxygens (including phenoxy) is 1. The van der Waals surface area contributed by atoms with Crippen LogP contribution in [-0.4, -0.2) is 34.5 Å². The van der Waals surface area contributed by atoms with E-state index in [0.29, 0.717) is 5.88 Å². The zero-order chi connectivity index (χ0) is 16.7. The lowest BCUT2D eigenvalue weighted by Gasteiger charge is -2.40. The molecule has 1 aromatic heterocycles. The zero-order valence-electron chi connectivity index (χ0n) is 14.4. The quantitative estimate of drug-likeness (QED) is 0.827. The van der Waals surface area contributed by atoms with E-state index < -0.39 is 11.4 Å². The van der Waals surface area contributed by atoms with Crippen LogP contribution >= 0.6 is 0 Å². The zero-order valence-corrected chi connectivity index (χ0v) is 15.3. The molecule has 2 atom stereocenters. The average molecular weight is 337 g/mol. The molecular formula is C17H27N3O2S. The Morgan fingerprint density at radius 1 is 1.35 bits per heavy atom. The number of hydrogen-bond acceptors (Lipinski definition) is 5. The van der Waals surface area contributed by atoms with E-state index in [4.69, 9.17) is 4.74 Å². The van der Waals surface area contributed by atoms with Crippen molar-refractivity contribution >= 4 is 11.4 Å². The molecule has 3 rings (SSSR count). The summed E-state index contributed by atoms with van der Waals surface area (Å²) in [4.78, 5) is 4.66. The first kappa shape index (κ1) is 17.0. The van der Waals surface area contributed by atoms with Gasteiger partial charge in [-0.25, -0.2) is 4.98 Å². The van der Waals surface area contributed by atoms with E-state index in [1.165, 1.54) is 5.56 Å². The van der Waals surface area contributed by atoms with Crippen molar-refractivity contribution in [1.29, 1.82) is 0 Å². The Kier molecular flexibility index (Phi) is 4.62. The molecule has 6 heteroatoms. The predicted molar refractivity (Wildman–Crippen MR) is 92.8 cm³/mol. The molecule has 2 N–H and O–H groups in total. The maximum atomic E-state index is 12.7. The van der Waals surface area contributed by atoms with Gasteiger partial charge < -0.3 is 14.6 Å². The highest BCUT2D eigenvalue weighted by Crippen LogP contribution is 2.51. The number of piperidine rings is 1. The molecule has 0 saturated carbocycles. The maximum Gasteiger partial charge on any atom is 0.213 e. The Labute approximate surface area is 141 Å². The molecule has 1 unspecified atom stereocenters. The van der Waals surface area contributed by atoms with Crippen LogP contribution in [0, 0.1) is 5.41 Å². The van der Waals surface area contributed by atoms with Crippen molar-refractivity contribution in [1.82, 2.24) is 15.0 Å². The molecule has 23 heavy (non-hydrogen) atoms. The van der Waals surface area contributed by atoms with E-state index >= 15 is 0 Å². The second-order valence-corrected chi connectivity index (χ2v) is 9.61. The van der Waals surface area contributed by atoms with Crippen molar-refractivity contribution in [2.75, 3.05) is 20.2 Å². The van der Waals surface area contributed by atoms with Crippen LogP contribution in [0.2, 0.25) is 0 Å². The van der Waals surface area contributed by atoms with Gasteiger partial charge in [0, 0.05) is 22.8 Å². The number of rotatable bonds is 3. The second-order valence-electron chi connectivity index (χ2n) is 7.61. The van der Waals surface area contributed by atoms with Gasteiger partial charge in [0.05, 0.1) is 18.8 Å². The first-order chi connectivity index (χ1) is 10.9. The van der Waals surface area contributed by atoms with Gasteiger partial charge in [0.25, 0.3) is 0 Å². The fraction of sp³-hybridized carbons (Fsp3) is 0.706. The van der Waals surface area contributed by atoms with Crippen LogP contribution in [-0.2, 0) is 17.8 Å². The van der Waals surface area contributed by atoms with E-state index in [-0.39, 0.29) is 16.2 Å². The van der Waals surface area contributed by atoms with Gasteiger partial charge in [-0.3, -0.25) is 0 Å². The first-order valence-corrected chi connectivity index (χ1v) is 9.43. The normalized spacial score (nSPS) is 24.5. The number of methoxy groups -OCH3 is 1. The summed E-state index contributed by atoms with van der Waals surface area (Å²) in [6, 6.07) is 4.10. The number of nitrogens with one attached hydrogen (secondary N) is 2. The van der Waals surface area contributed by atoms with Crippen LogP contribution in [0.15, 0.2) is 12.1 Å². The Morgan fingerprint density at radius 3 is 2.65 bits per heavy atom. The summed E-state index contributed by atoms with van der Waals surface area (Å²) >= 11 is -1.10. The Hall–Kier alpha value is -0.820. The summed E-state index contributed by atoms with van der Waals surface area (Å²) in [5.74, 6) is 0.658. The van der Waals surface area contributed by atoms with Gasteiger partial charge in [0.2, 0.25) is 5.88 Å². The fourth-order valence-corrected chi connectivity index (χ4v) is 4.58. The van der Waals surface area contributed by atoms with Crippen LogP contribution in [0.3, 0.4) is 0 Å². The molecule has 5 nitrogen and oxygen atoms in total. The Morgan fingerprint density at radius 2 is 2.04 bits per heavy atom. The molecule has 0 bridgehead atoms. The van der Waals surface area contributed by atoms with Gasteiger partial charge in [0.15, 0.2) is 0 Å². The number of nitrogens with zero attached hydrogens (tertiary/aromatic N) is 1. The highest BCUT2D eigenvalue weighted by Gasteiger charge is 2.50. The van der Waals surface area contributed by atoms with Crippen LogP contribution in [0.5, 0.6) is 5.88 Å². The molecule has 0 amide bonds.